The number of anilines is 1. The molecular weight excluding hydrogens is 449 g/mol. The second-order valence-corrected chi connectivity index (χ2v) is 7.96. The maximum atomic E-state index is 12.2. The van der Waals surface area contributed by atoms with Gasteiger partial charge in [-0.05, 0) is 48.4 Å². The highest BCUT2D eigenvalue weighted by atomic mass is 35.5. The Morgan fingerprint density at radius 2 is 1.84 bits per heavy atom. The molecule has 0 spiro atoms. The van der Waals surface area contributed by atoms with Gasteiger partial charge in [-0.1, -0.05) is 41.4 Å². The molecule has 3 N–H and O–H groups in total. The molecule has 0 unspecified atom stereocenters. The Hall–Kier alpha value is -3.13. The lowest BCUT2D eigenvalue weighted by atomic mass is 10.1. The smallest absolute Gasteiger partial charge is 0.251 e. The number of nitrogens with zero attached hydrogens (tertiary/aromatic N) is 3. The highest BCUT2D eigenvalue weighted by Gasteiger charge is 2.10. The molecule has 2 aromatic heterocycles. The summed E-state index contributed by atoms with van der Waals surface area (Å²) >= 11 is 12.1. The van der Waals surface area contributed by atoms with Crippen molar-refractivity contribution >= 4 is 40.6 Å². The molecule has 2 heterocycles. The number of imidazole rings is 1. The van der Waals surface area contributed by atoms with Crippen molar-refractivity contribution in [2.45, 2.75) is 13.0 Å². The molecule has 0 radical (unpaired) electrons. The molecule has 32 heavy (non-hydrogen) atoms. The average Bonchev–Trinajstić information content (AvgIpc) is 3.23. The van der Waals surface area contributed by atoms with Crippen LogP contribution >= 0.6 is 23.2 Å². The summed E-state index contributed by atoms with van der Waals surface area (Å²) in [5, 5.41) is 20.6. The molecule has 2 aromatic carbocycles. The Morgan fingerprint density at radius 1 is 1.03 bits per heavy atom. The number of rotatable bonds is 8. The number of aliphatic hydroxyl groups excluding tert-OH is 1. The first-order chi connectivity index (χ1) is 15.5. The van der Waals surface area contributed by atoms with Gasteiger partial charge in [0.1, 0.15) is 5.82 Å². The standard InChI is InChI=1S/C23H21Cl2N5O2/c24-18-7-2-15(12-19(18)25)13-27-21-8-9-22-28-14-20(30(22)29-21)16-3-5-17(6-4-16)23(32)26-10-1-11-31/h2-9,12,14,31H,1,10-11,13H2,(H,26,32)(H,27,29). The molecule has 0 saturated carbocycles. The van der Waals surface area contributed by atoms with Crippen molar-refractivity contribution in [3.05, 3.63) is 82.0 Å². The van der Waals surface area contributed by atoms with Gasteiger partial charge in [-0.3, -0.25) is 4.79 Å². The number of aromatic nitrogens is 3. The minimum Gasteiger partial charge on any atom is -0.396 e. The van der Waals surface area contributed by atoms with Crippen molar-refractivity contribution < 1.29 is 9.90 Å². The van der Waals surface area contributed by atoms with Crippen LogP contribution in [-0.4, -0.2) is 38.8 Å². The van der Waals surface area contributed by atoms with Crippen LogP contribution in [0, 0.1) is 0 Å². The Labute approximate surface area is 195 Å². The predicted molar refractivity (Wildman–Crippen MR) is 126 cm³/mol. The number of halogens is 2. The van der Waals surface area contributed by atoms with Crippen LogP contribution in [0.4, 0.5) is 5.82 Å². The second kappa shape index (κ2) is 9.99. The van der Waals surface area contributed by atoms with Crippen molar-refractivity contribution in [1.29, 1.82) is 0 Å². The summed E-state index contributed by atoms with van der Waals surface area (Å²) in [6, 6.07) is 16.5. The summed E-state index contributed by atoms with van der Waals surface area (Å²) in [5.74, 6) is 0.512. The SMILES string of the molecule is O=C(NCCCO)c1ccc(-c2cnc3ccc(NCc4ccc(Cl)c(Cl)c4)nn23)cc1. The third-order valence-corrected chi connectivity index (χ3v) is 5.62. The monoisotopic (exact) mass is 469 g/mol. The lowest BCUT2D eigenvalue weighted by Gasteiger charge is -2.09. The van der Waals surface area contributed by atoms with Gasteiger partial charge in [-0.15, -0.1) is 5.10 Å². The number of hydrogen-bond donors (Lipinski definition) is 3. The van der Waals surface area contributed by atoms with E-state index in [0.717, 1.165) is 16.8 Å². The van der Waals surface area contributed by atoms with Crippen molar-refractivity contribution in [2.24, 2.45) is 0 Å². The molecule has 0 atom stereocenters. The van der Waals surface area contributed by atoms with Gasteiger partial charge in [0.25, 0.3) is 5.91 Å². The first kappa shape index (κ1) is 22.1. The van der Waals surface area contributed by atoms with Crippen LogP contribution in [0.3, 0.4) is 0 Å². The summed E-state index contributed by atoms with van der Waals surface area (Å²) in [6.45, 7) is 1.02. The fourth-order valence-corrected chi connectivity index (χ4v) is 3.50. The van der Waals surface area contributed by atoms with Crippen LogP contribution in [0.5, 0.6) is 0 Å². The molecule has 0 aliphatic heterocycles. The van der Waals surface area contributed by atoms with E-state index >= 15 is 0 Å². The van der Waals surface area contributed by atoms with E-state index in [9.17, 15) is 4.79 Å². The maximum Gasteiger partial charge on any atom is 0.251 e. The number of aliphatic hydroxyl groups is 1. The van der Waals surface area contributed by atoms with E-state index in [0.29, 0.717) is 46.6 Å². The van der Waals surface area contributed by atoms with E-state index in [1.54, 1.807) is 28.9 Å². The maximum absolute atomic E-state index is 12.2. The van der Waals surface area contributed by atoms with Crippen molar-refractivity contribution in [3.8, 4) is 11.3 Å². The molecule has 0 fully saturated rings. The van der Waals surface area contributed by atoms with Gasteiger partial charge in [-0.25, -0.2) is 9.50 Å². The number of carbonyl (C=O) groups is 1. The molecule has 4 aromatic rings. The summed E-state index contributed by atoms with van der Waals surface area (Å²) in [7, 11) is 0. The highest BCUT2D eigenvalue weighted by molar-refractivity contribution is 6.42. The average molecular weight is 470 g/mol. The normalized spacial score (nSPS) is 11.0. The fourth-order valence-electron chi connectivity index (χ4n) is 3.18. The number of nitrogens with one attached hydrogen (secondary N) is 2. The van der Waals surface area contributed by atoms with Gasteiger partial charge in [-0.2, -0.15) is 0 Å². The highest BCUT2D eigenvalue weighted by Crippen LogP contribution is 2.24. The van der Waals surface area contributed by atoms with Crippen molar-refractivity contribution in [1.82, 2.24) is 19.9 Å². The van der Waals surface area contributed by atoms with E-state index in [4.69, 9.17) is 28.3 Å². The molecule has 164 valence electrons. The van der Waals surface area contributed by atoms with Gasteiger partial charge in [0.2, 0.25) is 0 Å². The van der Waals surface area contributed by atoms with Crippen LogP contribution in [-0.2, 0) is 6.54 Å². The third-order valence-electron chi connectivity index (χ3n) is 4.88. The fraction of sp³-hybridized carbons (Fsp3) is 0.174. The minimum atomic E-state index is -0.171. The molecule has 0 aliphatic carbocycles. The lowest BCUT2D eigenvalue weighted by molar-refractivity contribution is 0.0951. The van der Waals surface area contributed by atoms with Crippen LogP contribution in [0.2, 0.25) is 10.0 Å². The summed E-state index contributed by atoms with van der Waals surface area (Å²) in [5.41, 5.74) is 3.95. The number of carbonyl (C=O) groups excluding carboxylic acids is 1. The molecule has 7 nitrogen and oxygen atoms in total. The Bertz CT molecular complexity index is 1240. The van der Waals surface area contributed by atoms with Gasteiger partial charge in [0.15, 0.2) is 5.65 Å². The minimum absolute atomic E-state index is 0.0464. The topological polar surface area (TPSA) is 91.5 Å². The zero-order valence-corrected chi connectivity index (χ0v) is 18.6. The zero-order chi connectivity index (χ0) is 22.5. The number of hydrogen-bond acceptors (Lipinski definition) is 5. The van der Waals surface area contributed by atoms with Gasteiger partial charge in [0.05, 0.1) is 21.9 Å². The summed E-state index contributed by atoms with van der Waals surface area (Å²) < 4.78 is 1.76. The largest absolute Gasteiger partial charge is 0.396 e. The van der Waals surface area contributed by atoms with Gasteiger partial charge < -0.3 is 15.7 Å². The first-order valence-corrected chi connectivity index (χ1v) is 10.8. The Balaban J connectivity index is 1.51. The molecule has 0 bridgehead atoms. The van der Waals surface area contributed by atoms with Crippen LogP contribution in [0.25, 0.3) is 16.9 Å². The van der Waals surface area contributed by atoms with Crippen LogP contribution in [0.15, 0.2) is 60.8 Å². The summed E-state index contributed by atoms with van der Waals surface area (Å²) in [4.78, 5) is 16.6. The van der Waals surface area contributed by atoms with Crippen LogP contribution in [0.1, 0.15) is 22.3 Å². The van der Waals surface area contributed by atoms with E-state index in [1.165, 1.54) is 0 Å². The van der Waals surface area contributed by atoms with Gasteiger partial charge in [0, 0.05) is 30.8 Å². The van der Waals surface area contributed by atoms with Crippen molar-refractivity contribution in [2.75, 3.05) is 18.5 Å². The lowest BCUT2D eigenvalue weighted by Crippen LogP contribution is -2.24. The Kier molecular flexibility index (Phi) is 6.90. The van der Waals surface area contributed by atoms with E-state index in [-0.39, 0.29) is 12.5 Å². The first-order valence-electron chi connectivity index (χ1n) is 10.1. The van der Waals surface area contributed by atoms with Crippen molar-refractivity contribution in [3.63, 3.8) is 0 Å². The number of benzene rings is 2. The third kappa shape index (κ3) is 5.02. The Morgan fingerprint density at radius 3 is 2.59 bits per heavy atom. The number of fused-ring (bicyclic) bond motifs is 1. The molecule has 0 saturated heterocycles. The molecular formula is C23H21Cl2N5O2. The number of amides is 1. The molecule has 0 aliphatic rings. The van der Waals surface area contributed by atoms with E-state index in [1.807, 2.05) is 36.4 Å². The quantitative estimate of drug-likeness (QED) is 0.332. The molecule has 9 heteroatoms. The molecule has 4 rings (SSSR count). The van der Waals surface area contributed by atoms with E-state index in [2.05, 4.69) is 20.7 Å². The second-order valence-electron chi connectivity index (χ2n) is 7.14. The predicted octanol–water partition coefficient (Wildman–Crippen LogP) is 4.43. The van der Waals surface area contributed by atoms with E-state index < -0.39 is 0 Å². The summed E-state index contributed by atoms with van der Waals surface area (Å²) in [6.07, 6.45) is 2.28. The zero-order valence-electron chi connectivity index (χ0n) is 17.1. The van der Waals surface area contributed by atoms with Gasteiger partial charge >= 0.3 is 0 Å². The molecule has 1 amide bonds. The van der Waals surface area contributed by atoms with Crippen LogP contribution < -0.4 is 10.6 Å².